The van der Waals surface area contributed by atoms with Gasteiger partial charge in [0.25, 0.3) is 0 Å². The maximum atomic E-state index is 12.6. The molecule has 0 unspecified atom stereocenters. The first-order chi connectivity index (χ1) is 14.1. The molecule has 0 bridgehead atoms. The molecule has 6 nitrogen and oxygen atoms in total. The molecule has 0 saturated carbocycles. The first-order valence-corrected chi connectivity index (χ1v) is 10.4. The second-order valence-corrected chi connectivity index (χ2v) is 8.04. The summed E-state index contributed by atoms with van der Waals surface area (Å²) >= 11 is 1.56. The van der Waals surface area contributed by atoms with Crippen LogP contribution in [-0.2, 0) is 4.79 Å². The molecule has 7 heteroatoms. The third-order valence-corrected chi connectivity index (χ3v) is 6.15. The summed E-state index contributed by atoms with van der Waals surface area (Å²) in [4.78, 5) is 17.3. The largest absolute Gasteiger partial charge is 0.494 e. The second kappa shape index (κ2) is 7.00. The number of fused-ring (bicyclic) bond motifs is 2. The summed E-state index contributed by atoms with van der Waals surface area (Å²) in [5.74, 6) is 1.44. The maximum Gasteiger partial charge on any atom is 0.226 e. The average Bonchev–Trinajstić information content (AvgIpc) is 3.29. The number of hydrogen-bond donors (Lipinski definition) is 1. The van der Waals surface area contributed by atoms with Crippen LogP contribution >= 0.6 is 11.3 Å². The number of hydrogen-bond acceptors (Lipinski definition) is 5. The summed E-state index contributed by atoms with van der Waals surface area (Å²) in [6, 6.07) is 16.0. The predicted molar refractivity (Wildman–Crippen MR) is 114 cm³/mol. The molecule has 1 N–H and O–H groups in total. The Morgan fingerprint density at radius 2 is 2.10 bits per heavy atom. The highest BCUT2D eigenvalue weighted by Crippen LogP contribution is 2.41. The Morgan fingerprint density at radius 3 is 2.93 bits per heavy atom. The van der Waals surface area contributed by atoms with Gasteiger partial charge in [0.05, 0.1) is 22.5 Å². The molecular formula is C22H20N4O2S. The van der Waals surface area contributed by atoms with Crippen LogP contribution < -0.4 is 10.1 Å². The van der Waals surface area contributed by atoms with E-state index in [0.29, 0.717) is 18.8 Å². The van der Waals surface area contributed by atoms with Gasteiger partial charge >= 0.3 is 0 Å². The van der Waals surface area contributed by atoms with Gasteiger partial charge in [0.15, 0.2) is 0 Å². The molecule has 1 amide bonds. The van der Waals surface area contributed by atoms with Crippen molar-refractivity contribution in [3.8, 4) is 10.9 Å². The molecule has 3 heterocycles. The Labute approximate surface area is 172 Å². The molecule has 0 aliphatic carbocycles. The zero-order chi connectivity index (χ0) is 20.0. The van der Waals surface area contributed by atoms with Gasteiger partial charge in [0, 0.05) is 17.9 Å². The number of benzene rings is 2. The molecule has 1 atom stereocenters. The Balaban J connectivity index is 1.63. The fraction of sp³-hybridized carbons (Fsp3) is 0.227. The third kappa shape index (κ3) is 3.07. The number of amides is 1. The molecule has 0 fully saturated rings. The van der Waals surface area contributed by atoms with Crippen molar-refractivity contribution in [2.75, 3.05) is 11.9 Å². The number of aromatic nitrogens is 3. The highest BCUT2D eigenvalue weighted by Gasteiger charge is 2.33. The molecule has 5 rings (SSSR count). The number of aryl methyl sites for hydroxylation is 1. The highest BCUT2D eigenvalue weighted by molar-refractivity contribution is 7.20. The van der Waals surface area contributed by atoms with E-state index in [1.807, 2.05) is 62.4 Å². The lowest BCUT2D eigenvalue weighted by atomic mass is 9.86. The monoisotopic (exact) mass is 404 g/mol. The number of thiazole rings is 1. The Bertz CT molecular complexity index is 1190. The minimum Gasteiger partial charge on any atom is -0.494 e. The lowest BCUT2D eigenvalue weighted by molar-refractivity contribution is -0.116. The van der Waals surface area contributed by atoms with Crippen molar-refractivity contribution in [2.45, 2.75) is 26.2 Å². The van der Waals surface area contributed by atoms with Crippen molar-refractivity contribution in [2.24, 2.45) is 0 Å². The van der Waals surface area contributed by atoms with Gasteiger partial charge in [0.2, 0.25) is 11.0 Å². The fourth-order valence-electron chi connectivity index (χ4n) is 3.91. The smallest absolute Gasteiger partial charge is 0.226 e. The summed E-state index contributed by atoms with van der Waals surface area (Å²) in [6.45, 7) is 4.55. The van der Waals surface area contributed by atoms with Crippen molar-refractivity contribution >= 4 is 33.3 Å². The topological polar surface area (TPSA) is 69.0 Å². The van der Waals surface area contributed by atoms with Crippen LogP contribution in [0.25, 0.3) is 15.3 Å². The Hall–Kier alpha value is -3.19. The van der Waals surface area contributed by atoms with E-state index < -0.39 is 0 Å². The van der Waals surface area contributed by atoms with Crippen LogP contribution in [0.3, 0.4) is 0 Å². The molecule has 29 heavy (non-hydrogen) atoms. The van der Waals surface area contributed by atoms with Gasteiger partial charge in [0.1, 0.15) is 11.6 Å². The molecule has 1 aliphatic heterocycles. The molecule has 0 spiro atoms. The summed E-state index contributed by atoms with van der Waals surface area (Å²) in [6.07, 6.45) is 0.384. The van der Waals surface area contributed by atoms with E-state index in [4.69, 9.17) is 14.8 Å². The zero-order valence-electron chi connectivity index (χ0n) is 16.2. The second-order valence-electron chi connectivity index (χ2n) is 7.03. The molecule has 146 valence electrons. The molecule has 4 aromatic rings. The number of para-hydroxylation sites is 1. The molecular weight excluding hydrogens is 384 g/mol. The number of nitrogens with one attached hydrogen (secondary N) is 1. The van der Waals surface area contributed by atoms with Gasteiger partial charge in [-0.05, 0) is 43.7 Å². The number of nitrogens with zero attached hydrogens (tertiary/aromatic N) is 3. The van der Waals surface area contributed by atoms with Crippen LogP contribution in [0.5, 0.6) is 5.75 Å². The average molecular weight is 404 g/mol. The van der Waals surface area contributed by atoms with E-state index in [9.17, 15) is 4.79 Å². The number of ether oxygens (including phenoxy) is 1. The van der Waals surface area contributed by atoms with E-state index in [1.165, 1.54) is 0 Å². The molecule has 2 aromatic heterocycles. The van der Waals surface area contributed by atoms with Crippen LogP contribution in [0.1, 0.15) is 36.1 Å². The maximum absolute atomic E-state index is 12.6. The SMILES string of the molecule is CCOc1cccc([C@H]2CC(=O)Nc3c2c(C)nn3-c2nc3ccccc3s2)c1. The number of rotatable bonds is 4. The first kappa shape index (κ1) is 17.9. The van der Waals surface area contributed by atoms with Gasteiger partial charge in [-0.3, -0.25) is 4.79 Å². The summed E-state index contributed by atoms with van der Waals surface area (Å²) in [5, 5.41) is 8.52. The van der Waals surface area contributed by atoms with Gasteiger partial charge < -0.3 is 10.1 Å². The predicted octanol–water partition coefficient (Wildman–Crippen LogP) is 4.66. The third-order valence-electron chi connectivity index (χ3n) is 5.14. The van der Waals surface area contributed by atoms with Crippen LogP contribution in [0.4, 0.5) is 5.82 Å². The van der Waals surface area contributed by atoms with Crippen LogP contribution in [-0.4, -0.2) is 27.3 Å². The highest BCUT2D eigenvalue weighted by atomic mass is 32.1. The lowest BCUT2D eigenvalue weighted by Crippen LogP contribution is -2.25. The van der Waals surface area contributed by atoms with E-state index >= 15 is 0 Å². The van der Waals surface area contributed by atoms with E-state index in [2.05, 4.69) is 5.32 Å². The van der Waals surface area contributed by atoms with E-state index in [-0.39, 0.29) is 11.8 Å². The summed E-state index contributed by atoms with van der Waals surface area (Å²) in [7, 11) is 0. The minimum absolute atomic E-state index is 0.0217. The molecule has 2 aromatic carbocycles. The van der Waals surface area contributed by atoms with Crippen molar-refractivity contribution < 1.29 is 9.53 Å². The van der Waals surface area contributed by atoms with E-state index in [0.717, 1.165) is 37.9 Å². The van der Waals surface area contributed by atoms with Crippen LogP contribution in [0.2, 0.25) is 0 Å². The van der Waals surface area contributed by atoms with Crippen molar-refractivity contribution in [1.82, 2.24) is 14.8 Å². The quantitative estimate of drug-likeness (QED) is 0.537. The lowest BCUT2D eigenvalue weighted by Gasteiger charge is -2.24. The summed E-state index contributed by atoms with van der Waals surface area (Å²) < 4.78 is 8.52. The number of carbonyl (C=O) groups excluding carboxylic acids is 1. The van der Waals surface area contributed by atoms with Gasteiger partial charge in [-0.2, -0.15) is 9.78 Å². The summed E-state index contributed by atoms with van der Waals surface area (Å²) in [5.41, 5.74) is 3.92. The van der Waals surface area contributed by atoms with Gasteiger partial charge in [-0.25, -0.2) is 4.98 Å². The standard InChI is InChI=1S/C22H20N4O2S/c1-3-28-15-8-6-7-14(11-15)16-12-19(27)24-21-20(16)13(2)25-26(21)22-23-17-9-4-5-10-18(17)29-22/h4-11,16H,3,12H2,1-2H3,(H,24,27)/t16-/m1/s1. The molecule has 1 aliphatic rings. The van der Waals surface area contributed by atoms with Gasteiger partial charge in [-0.15, -0.1) is 0 Å². The van der Waals surface area contributed by atoms with Crippen molar-refractivity contribution in [3.05, 3.63) is 65.4 Å². The minimum atomic E-state index is -0.0673. The Morgan fingerprint density at radius 1 is 1.24 bits per heavy atom. The first-order valence-electron chi connectivity index (χ1n) is 9.62. The zero-order valence-corrected chi connectivity index (χ0v) is 17.0. The molecule has 0 radical (unpaired) electrons. The van der Waals surface area contributed by atoms with Gasteiger partial charge in [-0.1, -0.05) is 35.6 Å². The normalized spacial score (nSPS) is 15.9. The van der Waals surface area contributed by atoms with Crippen molar-refractivity contribution in [3.63, 3.8) is 0 Å². The van der Waals surface area contributed by atoms with Crippen LogP contribution in [0, 0.1) is 6.92 Å². The van der Waals surface area contributed by atoms with Crippen LogP contribution in [0.15, 0.2) is 48.5 Å². The molecule has 0 saturated heterocycles. The fourth-order valence-corrected chi connectivity index (χ4v) is 4.83. The number of carbonyl (C=O) groups is 1. The number of anilines is 1. The van der Waals surface area contributed by atoms with Crippen molar-refractivity contribution in [1.29, 1.82) is 0 Å². The van der Waals surface area contributed by atoms with E-state index in [1.54, 1.807) is 16.0 Å². The Kier molecular flexibility index (Phi) is 4.32.